The summed E-state index contributed by atoms with van der Waals surface area (Å²) in [6.45, 7) is 6.17. The van der Waals surface area contributed by atoms with Crippen LogP contribution in [-0.2, 0) is 4.79 Å². The van der Waals surface area contributed by atoms with Gasteiger partial charge in [-0.05, 0) is 45.0 Å². The molecule has 3 aromatic heterocycles. The fourth-order valence-electron chi connectivity index (χ4n) is 3.44. The highest BCUT2D eigenvalue weighted by Gasteiger charge is 2.15. The van der Waals surface area contributed by atoms with Crippen LogP contribution in [-0.4, -0.2) is 58.5 Å². The van der Waals surface area contributed by atoms with E-state index in [1.165, 1.54) is 30.6 Å². The molecule has 9 heteroatoms. The molecule has 3 aromatic rings. The van der Waals surface area contributed by atoms with E-state index in [1.807, 2.05) is 24.4 Å². The summed E-state index contributed by atoms with van der Waals surface area (Å²) in [5, 5.41) is 8.74. The lowest BCUT2D eigenvalue weighted by Gasteiger charge is -2.26. The molecule has 4 heterocycles. The molecule has 1 fully saturated rings. The molecular weight excluding hydrogens is 400 g/mol. The number of nitrogens with zero attached hydrogens (tertiary/aromatic N) is 4. The Morgan fingerprint density at radius 1 is 1.23 bits per heavy atom. The summed E-state index contributed by atoms with van der Waals surface area (Å²) >= 11 is 1.48. The number of rotatable bonds is 8. The van der Waals surface area contributed by atoms with Crippen LogP contribution in [0.1, 0.15) is 25.0 Å². The van der Waals surface area contributed by atoms with Gasteiger partial charge in [0.15, 0.2) is 11.6 Å². The fraction of sp³-hybridized carbons (Fsp3) is 0.429. The summed E-state index contributed by atoms with van der Waals surface area (Å²) in [6, 6.07) is 5.42. The molecule has 0 aliphatic carbocycles. The first kappa shape index (κ1) is 20.6. The van der Waals surface area contributed by atoms with Gasteiger partial charge in [-0.3, -0.25) is 4.79 Å². The van der Waals surface area contributed by atoms with Gasteiger partial charge in [0.2, 0.25) is 5.91 Å². The van der Waals surface area contributed by atoms with Crippen molar-refractivity contribution in [3.63, 3.8) is 0 Å². The second-order valence-corrected chi connectivity index (χ2v) is 8.23. The van der Waals surface area contributed by atoms with Crippen LogP contribution in [0.4, 0.5) is 5.82 Å². The SMILES string of the molecule is Cc1ccc(-c2nc(NC(=O)CNCCN3CCCCC3)cc(-c3nccs3)n2)o1. The Labute approximate surface area is 179 Å². The summed E-state index contributed by atoms with van der Waals surface area (Å²) in [4.78, 5) is 28.2. The van der Waals surface area contributed by atoms with E-state index in [1.54, 1.807) is 12.3 Å². The molecule has 0 atom stereocenters. The average molecular weight is 427 g/mol. The van der Waals surface area contributed by atoms with Gasteiger partial charge in [0, 0.05) is 30.7 Å². The van der Waals surface area contributed by atoms with Crippen molar-refractivity contribution in [1.29, 1.82) is 0 Å². The lowest BCUT2D eigenvalue weighted by molar-refractivity contribution is -0.115. The highest BCUT2D eigenvalue weighted by molar-refractivity contribution is 7.13. The van der Waals surface area contributed by atoms with Gasteiger partial charge in [0.25, 0.3) is 0 Å². The zero-order valence-electron chi connectivity index (χ0n) is 17.1. The second-order valence-electron chi connectivity index (χ2n) is 7.34. The van der Waals surface area contributed by atoms with Gasteiger partial charge in [-0.2, -0.15) is 0 Å². The molecule has 0 saturated carbocycles. The first-order valence-electron chi connectivity index (χ1n) is 10.3. The zero-order chi connectivity index (χ0) is 20.8. The lowest BCUT2D eigenvalue weighted by Crippen LogP contribution is -2.38. The Balaban J connectivity index is 1.39. The lowest BCUT2D eigenvalue weighted by atomic mass is 10.1. The maximum absolute atomic E-state index is 12.4. The van der Waals surface area contributed by atoms with E-state index in [4.69, 9.17) is 4.42 Å². The van der Waals surface area contributed by atoms with Crippen molar-refractivity contribution >= 4 is 23.1 Å². The molecule has 1 saturated heterocycles. The van der Waals surface area contributed by atoms with Gasteiger partial charge in [0.05, 0.1) is 6.54 Å². The van der Waals surface area contributed by atoms with Crippen LogP contribution in [0.2, 0.25) is 0 Å². The van der Waals surface area contributed by atoms with Crippen LogP contribution in [0.25, 0.3) is 22.3 Å². The minimum Gasteiger partial charge on any atom is -0.458 e. The minimum absolute atomic E-state index is 0.140. The van der Waals surface area contributed by atoms with E-state index in [0.29, 0.717) is 23.1 Å². The fourth-order valence-corrected chi connectivity index (χ4v) is 4.04. The molecule has 0 bridgehead atoms. The molecule has 158 valence electrons. The summed E-state index contributed by atoms with van der Waals surface area (Å²) < 4.78 is 5.67. The topological polar surface area (TPSA) is 96.2 Å². The number of piperidine rings is 1. The first-order chi connectivity index (χ1) is 14.7. The standard InChI is InChI=1S/C21H26N6O2S/c1-15-5-6-17(29-15)20-24-16(21-23-8-12-30-21)13-18(26-20)25-19(28)14-22-7-11-27-9-3-2-4-10-27/h5-6,8,12-13,22H,2-4,7,9-11,14H2,1H3,(H,24,25,26,28). The van der Waals surface area contributed by atoms with Crippen molar-refractivity contribution in [3.8, 4) is 22.3 Å². The van der Waals surface area contributed by atoms with Gasteiger partial charge in [-0.1, -0.05) is 6.42 Å². The number of hydrogen-bond donors (Lipinski definition) is 2. The molecule has 1 aliphatic heterocycles. The number of hydrogen-bond acceptors (Lipinski definition) is 8. The van der Waals surface area contributed by atoms with E-state index in [9.17, 15) is 4.79 Å². The van der Waals surface area contributed by atoms with E-state index in [-0.39, 0.29) is 12.5 Å². The predicted molar refractivity (Wildman–Crippen MR) is 117 cm³/mol. The Hall–Kier alpha value is -2.62. The van der Waals surface area contributed by atoms with Crippen molar-refractivity contribution < 1.29 is 9.21 Å². The molecule has 2 N–H and O–H groups in total. The summed E-state index contributed by atoms with van der Waals surface area (Å²) in [5.74, 6) is 2.04. The number of likely N-dealkylation sites (tertiary alicyclic amines) is 1. The molecule has 0 spiro atoms. The highest BCUT2D eigenvalue weighted by atomic mass is 32.1. The van der Waals surface area contributed by atoms with Gasteiger partial charge >= 0.3 is 0 Å². The number of thiazole rings is 1. The van der Waals surface area contributed by atoms with Crippen molar-refractivity contribution in [2.45, 2.75) is 26.2 Å². The summed E-state index contributed by atoms with van der Waals surface area (Å²) in [5.41, 5.74) is 0.650. The van der Waals surface area contributed by atoms with Gasteiger partial charge in [-0.25, -0.2) is 15.0 Å². The van der Waals surface area contributed by atoms with E-state index < -0.39 is 0 Å². The zero-order valence-corrected chi connectivity index (χ0v) is 17.9. The molecule has 0 unspecified atom stereocenters. The Morgan fingerprint density at radius 2 is 2.10 bits per heavy atom. The number of furan rings is 1. The quantitative estimate of drug-likeness (QED) is 0.534. The molecular formula is C21H26N6O2S. The minimum atomic E-state index is -0.140. The van der Waals surface area contributed by atoms with Crippen LogP contribution in [0.5, 0.6) is 0 Å². The third-order valence-corrected chi connectivity index (χ3v) is 5.74. The molecule has 1 amide bonds. The van der Waals surface area contributed by atoms with E-state index >= 15 is 0 Å². The van der Waals surface area contributed by atoms with E-state index in [2.05, 4.69) is 30.5 Å². The largest absolute Gasteiger partial charge is 0.458 e. The third-order valence-electron chi connectivity index (χ3n) is 4.94. The predicted octanol–water partition coefficient (Wildman–Crippen LogP) is 3.18. The normalized spacial score (nSPS) is 14.7. The molecule has 30 heavy (non-hydrogen) atoms. The number of carbonyl (C=O) groups excluding carboxylic acids is 1. The highest BCUT2D eigenvalue weighted by Crippen LogP contribution is 2.26. The Bertz CT molecular complexity index is 966. The van der Waals surface area contributed by atoms with Crippen LogP contribution >= 0.6 is 11.3 Å². The average Bonchev–Trinajstić information content (AvgIpc) is 3.44. The van der Waals surface area contributed by atoms with Crippen molar-refractivity contribution in [3.05, 3.63) is 35.5 Å². The molecule has 4 rings (SSSR count). The monoisotopic (exact) mass is 426 g/mol. The Morgan fingerprint density at radius 3 is 2.83 bits per heavy atom. The molecule has 1 aliphatic rings. The Kier molecular flexibility index (Phi) is 6.83. The maximum Gasteiger partial charge on any atom is 0.239 e. The van der Waals surface area contributed by atoms with Crippen molar-refractivity contribution in [1.82, 2.24) is 25.2 Å². The molecule has 0 aromatic carbocycles. The number of carbonyl (C=O) groups is 1. The number of anilines is 1. The van der Waals surface area contributed by atoms with Crippen LogP contribution in [0.3, 0.4) is 0 Å². The van der Waals surface area contributed by atoms with Crippen molar-refractivity contribution in [2.24, 2.45) is 0 Å². The first-order valence-corrected chi connectivity index (χ1v) is 11.1. The van der Waals surface area contributed by atoms with Crippen LogP contribution in [0, 0.1) is 6.92 Å². The van der Waals surface area contributed by atoms with Gasteiger partial charge in [-0.15, -0.1) is 11.3 Å². The van der Waals surface area contributed by atoms with Gasteiger partial charge < -0.3 is 20.0 Å². The number of aromatic nitrogens is 3. The smallest absolute Gasteiger partial charge is 0.239 e. The second kappa shape index (κ2) is 9.92. The van der Waals surface area contributed by atoms with Crippen LogP contribution in [0.15, 0.2) is 34.2 Å². The van der Waals surface area contributed by atoms with E-state index in [0.717, 1.165) is 36.9 Å². The maximum atomic E-state index is 12.4. The molecule has 0 radical (unpaired) electrons. The number of nitrogens with one attached hydrogen (secondary N) is 2. The number of aryl methyl sites for hydroxylation is 1. The van der Waals surface area contributed by atoms with Gasteiger partial charge in [0.1, 0.15) is 22.3 Å². The third kappa shape index (κ3) is 5.50. The summed E-state index contributed by atoms with van der Waals surface area (Å²) in [6.07, 6.45) is 5.59. The van der Waals surface area contributed by atoms with Crippen LogP contribution < -0.4 is 10.6 Å². The number of amides is 1. The summed E-state index contributed by atoms with van der Waals surface area (Å²) in [7, 11) is 0. The molecule has 8 nitrogen and oxygen atoms in total. The van der Waals surface area contributed by atoms with Crippen molar-refractivity contribution in [2.75, 3.05) is 38.0 Å².